The van der Waals surface area contributed by atoms with E-state index in [1.165, 1.54) is 12.1 Å². The molecule has 5 N–H and O–H groups in total. The first-order chi connectivity index (χ1) is 16.1. The Morgan fingerprint density at radius 1 is 0.941 bits per heavy atom. The van der Waals surface area contributed by atoms with E-state index in [4.69, 9.17) is 4.55 Å². The van der Waals surface area contributed by atoms with Gasteiger partial charge in [0.1, 0.15) is 17.2 Å². The van der Waals surface area contributed by atoms with Gasteiger partial charge in [-0.25, -0.2) is 4.79 Å². The molecule has 34 heavy (non-hydrogen) atoms. The highest BCUT2D eigenvalue weighted by Crippen LogP contribution is 2.15. The van der Waals surface area contributed by atoms with Crippen LogP contribution in [-0.2, 0) is 24.5 Å². The number of anilines is 1. The van der Waals surface area contributed by atoms with E-state index in [1.807, 2.05) is 10.6 Å². The molecule has 5 amide bonds. The summed E-state index contributed by atoms with van der Waals surface area (Å²) in [5.41, 5.74) is -0.657. The van der Waals surface area contributed by atoms with Crippen molar-refractivity contribution in [2.75, 3.05) is 5.32 Å². The molecule has 12 nitrogen and oxygen atoms in total. The zero-order valence-electron chi connectivity index (χ0n) is 16.9. The first kappa shape index (κ1) is 22.4. The van der Waals surface area contributed by atoms with E-state index in [0.29, 0.717) is 10.8 Å². The van der Waals surface area contributed by atoms with Crippen LogP contribution in [0.4, 0.5) is 10.5 Å². The smallest absolute Gasteiger partial charge is 0.328 e. The van der Waals surface area contributed by atoms with E-state index in [9.17, 15) is 32.9 Å². The average Bonchev–Trinajstić information content (AvgIpc) is 3.12. The number of urea groups is 1. The van der Waals surface area contributed by atoms with Crippen LogP contribution in [0.2, 0.25) is 0 Å². The minimum Gasteiger partial charge on any atom is -0.352 e. The molecule has 2 aromatic carbocycles. The van der Waals surface area contributed by atoms with Crippen LogP contribution >= 0.6 is 0 Å². The lowest BCUT2D eigenvalue weighted by molar-refractivity contribution is -0.121. The number of H-pyrrole nitrogens is 1. The summed E-state index contributed by atoms with van der Waals surface area (Å²) >= 11 is 0. The van der Waals surface area contributed by atoms with Gasteiger partial charge in [-0.3, -0.25) is 29.6 Å². The van der Waals surface area contributed by atoms with Crippen molar-refractivity contribution in [1.29, 1.82) is 5.26 Å². The van der Waals surface area contributed by atoms with Crippen LogP contribution in [0.3, 0.4) is 0 Å². The molecule has 170 valence electrons. The molecular formula is C21H13N5O7S. The van der Waals surface area contributed by atoms with Gasteiger partial charge in [-0.1, -0.05) is 24.3 Å². The average molecular weight is 479 g/mol. The van der Waals surface area contributed by atoms with Crippen molar-refractivity contribution < 1.29 is 32.1 Å². The third kappa shape index (κ3) is 4.01. The van der Waals surface area contributed by atoms with Gasteiger partial charge in [0.15, 0.2) is 0 Å². The maximum absolute atomic E-state index is 12.9. The predicted molar refractivity (Wildman–Crippen MR) is 117 cm³/mol. The fourth-order valence-electron chi connectivity index (χ4n) is 3.39. The molecular weight excluding hydrogens is 466 g/mol. The van der Waals surface area contributed by atoms with E-state index in [2.05, 4.69) is 10.3 Å². The molecule has 1 aromatic heterocycles. The Kier molecular flexibility index (Phi) is 5.45. The Morgan fingerprint density at radius 2 is 1.53 bits per heavy atom. The Labute approximate surface area is 190 Å². The lowest BCUT2D eigenvalue weighted by Crippen LogP contribution is -2.52. The second kappa shape index (κ2) is 8.28. The van der Waals surface area contributed by atoms with Crippen LogP contribution in [0.15, 0.2) is 53.4 Å². The van der Waals surface area contributed by atoms with Gasteiger partial charge >= 0.3 is 6.03 Å². The minimum absolute atomic E-state index is 0.00570. The number of amides is 5. The lowest BCUT2D eigenvalue weighted by atomic mass is 10.1. The van der Waals surface area contributed by atoms with Crippen LogP contribution in [0.5, 0.6) is 0 Å². The highest BCUT2D eigenvalue weighted by molar-refractivity contribution is 7.85. The topological polar surface area (TPSA) is 198 Å². The predicted octanol–water partition coefficient (Wildman–Crippen LogP) is -0.756. The van der Waals surface area contributed by atoms with Gasteiger partial charge in [-0.2, -0.15) is 13.7 Å². The van der Waals surface area contributed by atoms with Crippen LogP contribution in [-0.4, -0.2) is 41.7 Å². The van der Waals surface area contributed by atoms with Gasteiger partial charge < -0.3 is 10.3 Å². The highest BCUT2D eigenvalue weighted by Gasteiger charge is 2.30. The number of barbiturate groups is 1. The number of carbonyl (C=O) groups is 4. The van der Waals surface area contributed by atoms with E-state index < -0.39 is 45.0 Å². The number of aromatic amines is 1. The minimum atomic E-state index is -4.42. The number of nitrogens with one attached hydrogen (secondary N) is 4. The summed E-state index contributed by atoms with van der Waals surface area (Å²) in [5.74, 6) is -2.76. The molecule has 0 unspecified atom stereocenters. The summed E-state index contributed by atoms with van der Waals surface area (Å²) in [6, 6.07) is 11.8. The molecule has 1 fully saturated rings. The number of benzene rings is 2. The van der Waals surface area contributed by atoms with Gasteiger partial charge in [0.2, 0.25) is 0 Å². The maximum atomic E-state index is 12.9. The standard InChI is InChI=1S/C21H13N5O7S/c22-9-14(18(27)23-10-5-7-11(8-6-10)34(31,32)33)16-12-3-1-2-4-13(12)17(24-16)15-19(28)25-21(30)26-20(15)29/h1-8,24H,(H,23,27)(H,31,32,33)(H2,25,26,28,29,30)/b16-14-. The van der Waals surface area contributed by atoms with Gasteiger partial charge in [-0.15, -0.1) is 0 Å². The molecule has 0 radical (unpaired) electrons. The van der Waals surface area contributed by atoms with Gasteiger partial charge in [0.05, 0.1) is 15.6 Å². The number of nitrogens with zero attached hydrogens (tertiary/aromatic N) is 1. The first-order valence-electron chi connectivity index (χ1n) is 9.41. The van der Waals surface area contributed by atoms with Crippen LogP contribution in [0.1, 0.15) is 0 Å². The molecule has 3 aromatic rings. The zero-order chi connectivity index (χ0) is 24.6. The molecule has 0 aliphatic carbocycles. The van der Waals surface area contributed by atoms with Gasteiger partial charge in [0, 0.05) is 16.5 Å². The summed E-state index contributed by atoms with van der Waals surface area (Å²) in [4.78, 5) is 51.3. The van der Waals surface area contributed by atoms with Gasteiger partial charge in [0.25, 0.3) is 27.8 Å². The van der Waals surface area contributed by atoms with Gasteiger partial charge in [-0.05, 0) is 24.3 Å². The molecule has 2 heterocycles. The summed E-state index contributed by atoms with van der Waals surface area (Å²) < 4.78 is 31.4. The fourth-order valence-corrected chi connectivity index (χ4v) is 3.87. The molecule has 4 rings (SSSR count). The first-order valence-corrected chi connectivity index (χ1v) is 10.8. The van der Waals surface area contributed by atoms with Crippen LogP contribution in [0.25, 0.3) is 21.9 Å². The van der Waals surface area contributed by atoms with Crippen molar-refractivity contribution >= 4 is 61.5 Å². The third-order valence-electron chi connectivity index (χ3n) is 4.87. The van der Waals surface area contributed by atoms with Crippen molar-refractivity contribution in [3.63, 3.8) is 0 Å². The molecule has 0 atom stereocenters. The maximum Gasteiger partial charge on any atom is 0.328 e. The number of hydrogen-bond donors (Lipinski definition) is 5. The summed E-state index contributed by atoms with van der Waals surface area (Å²) in [6.07, 6.45) is 0. The lowest BCUT2D eigenvalue weighted by Gasteiger charge is -2.13. The number of aromatic nitrogens is 1. The monoisotopic (exact) mass is 479 g/mol. The fraction of sp³-hybridized carbons (Fsp3) is 0. The normalized spacial score (nSPS) is 14.8. The second-order valence-corrected chi connectivity index (χ2v) is 8.39. The SMILES string of the molecule is N#C/C(C(=O)Nc1ccc(S(=O)(=O)O)cc1)=c1/[nH]c(=C2C(=O)NC(=O)NC2=O)c2ccccc12. The summed E-state index contributed by atoms with van der Waals surface area (Å²) in [5, 5.41) is 16.8. The van der Waals surface area contributed by atoms with Crippen molar-refractivity contribution in [3.8, 4) is 6.07 Å². The quantitative estimate of drug-likeness (QED) is 0.302. The van der Waals surface area contributed by atoms with Crippen molar-refractivity contribution in [1.82, 2.24) is 15.6 Å². The molecule has 1 aliphatic heterocycles. The molecule has 1 saturated heterocycles. The van der Waals surface area contributed by atoms with E-state index >= 15 is 0 Å². The number of nitriles is 1. The zero-order valence-corrected chi connectivity index (χ0v) is 17.7. The third-order valence-corrected chi connectivity index (χ3v) is 5.74. The molecule has 1 aliphatic rings. The van der Waals surface area contributed by atoms with Crippen LogP contribution in [0, 0.1) is 11.3 Å². The molecule has 0 spiro atoms. The number of fused-ring (bicyclic) bond motifs is 1. The van der Waals surface area contributed by atoms with E-state index in [1.54, 1.807) is 30.3 Å². The second-order valence-electron chi connectivity index (χ2n) is 6.97. The Morgan fingerprint density at radius 3 is 2.09 bits per heavy atom. The number of carbonyl (C=O) groups excluding carboxylic acids is 4. The number of rotatable bonds is 3. The number of hydrogen-bond acceptors (Lipinski definition) is 7. The van der Waals surface area contributed by atoms with E-state index in [0.717, 1.165) is 12.1 Å². The van der Waals surface area contributed by atoms with Crippen molar-refractivity contribution in [2.24, 2.45) is 0 Å². The Bertz CT molecular complexity index is 1660. The molecule has 0 bridgehead atoms. The number of imide groups is 2. The van der Waals surface area contributed by atoms with Crippen molar-refractivity contribution in [3.05, 3.63) is 59.2 Å². The Hall–Kier alpha value is -4.80. The summed E-state index contributed by atoms with van der Waals surface area (Å²) in [6.45, 7) is 0. The Balaban J connectivity index is 1.88. The highest BCUT2D eigenvalue weighted by atomic mass is 32.2. The van der Waals surface area contributed by atoms with Crippen molar-refractivity contribution in [2.45, 2.75) is 4.90 Å². The van der Waals surface area contributed by atoms with Crippen LogP contribution < -0.4 is 26.6 Å². The largest absolute Gasteiger partial charge is 0.352 e. The summed E-state index contributed by atoms with van der Waals surface area (Å²) in [7, 11) is -4.42. The molecule has 0 saturated carbocycles. The van der Waals surface area contributed by atoms with E-state index in [-0.39, 0.29) is 21.3 Å². The molecule has 13 heteroatoms.